The van der Waals surface area contributed by atoms with E-state index < -0.39 is 18.0 Å². The van der Waals surface area contributed by atoms with Gasteiger partial charge in [0.05, 0.1) is 0 Å². The van der Waals surface area contributed by atoms with Crippen molar-refractivity contribution in [1.82, 2.24) is 10.2 Å². The first-order valence-electron chi connectivity index (χ1n) is 7.42. The lowest BCUT2D eigenvalue weighted by atomic mass is 10.2. The number of benzene rings is 2. The summed E-state index contributed by atoms with van der Waals surface area (Å²) in [6, 6.07) is 14.3. The number of nitrogens with one attached hydrogen (secondary N) is 1. The molecule has 9 heteroatoms. The minimum atomic E-state index is -4.77. The Morgan fingerprint density at radius 1 is 1.04 bits per heavy atom. The van der Waals surface area contributed by atoms with Crippen LogP contribution in [0.15, 0.2) is 54.6 Å². The summed E-state index contributed by atoms with van der Waals surface area (Å²) in [6.45, 7) is 0. The standard InChI is InChI=1S/C17H12F3N3O2S/c18-17(19,20)25-13-8-6-12(7-9-13)15(24)21-16-23-22-14(26-16)10-11-4-2-1-3-5-11/h1-9H,10H2,(H,21,23,24). The van der Waals surface area contributed by atoms with Gasteiger partial charge in [0.25, 0.3) is 5.91 Å². The maximum Gasteiger partial charge on any atom is 0.573 e. The van der Waals surface area contributed by atoms with Crippen LogP contribution in [0, 0.1) is 0 Å². The maximum atomic E-state index is 12.1. The van der Waals surface area contributed by atoms with Gasteiger partial charge in [-0.1, -0.05) is 41.7 Å². The van der Waals surface area contributed by atoms with Crippen molar-refractivity contribution in [3.63, 3.8) is 0 Å². The van der Waals surface area contributed by atoms with E-state index in [-0.39, 0.29) is 5.56 Å². The van der Waals surface area contributed by atoms with E-state index in [1.165, 1.54) is 23.5 Å². The first kappa shape index (κ1) is 17.9. The molecule has 0 radical (unpaired) electrons. The van der Waals surface area contributed by atoms with Crippen LogP contribution in [0.2, 0.25) is 0 Å². The highest BCUT2D eigenvalue weighted by Crippen LogP contribution is 2.23. The number of carbonyl (C=O) groups excluding carboxylic acids is 1. The highest BCUT2D eigenvalue weighted by atomic mass is 32.1. The number of anilines is 1. The Bertz CT molecular complexity index is 880. The van der Waals surface area contributed by atoms with Crippen LogP contribution < -0.4 is 10.1 Å². The third kappa shape index (κ3) is 5.03. The largest absolute Gasteiger partial charge is 0.573 e. The van der Waals surface area contributed by atoms with Crippen LogP contribution >= 0.6 is 11.3 Å². The molecule has 1 heterocycles. The molecule has 3 rings (SSSR count). The molecule has 0 aliphatic carbocycles. The van der Waals surface area contributed by atoms with Crippen LogP contribution in [0.1, 0.15) is 20.9 Å². The van der Waals surface area contributed by atoms with Crippen molar-refractivity contribution >= 4 is 22.4 Å². The van der Waals surface area contributed by atoms with E-state index in [1.54, 1.807) is 0 Å². The summed E-state index contributed by atoms with van der Waals surface area (Å²) < 4.78 is 40.2. The number of aromatic nitrogens is 2. The van der Waals surface area contributed by atoms with E-state index in [0.29, 0.717) is 11.6 Å². The molecule has 26 heavy (non-hydrogen) atoms. The summed E-state index contributed by atoms with van der Waals surface area (Å²) in [5.74, 6) is -0.888. The number of nitrogens with zero attached hydrogens (tertiary/aromatic N) is 2. The zero-order chi connectivity index (χ0) is 18.6. The van der Waals surface area contributed by atoms with Gasteiger partial charge >= 0.3 is 6.36 Å². The van der Waals surface area contributed by atoms with E-state index in [2.05, 4.69) is 20.3 Å². The molecule has 1 amide bonds. The van der Waals surface area contributed by atoms with Gasteiger partial charge in [0.1, 0.15) is 10.8 Å². The average Bonchev–Trinajstić information content (AvgIpc) is 3.02. The number of halogens is 3. The van der Waals surface area contributed by atoms with Crippen molar-refractivity contribution in [3.05, 3.63) is 70.7 Å². The van der Waals surface area contributed by atoms with Gasteiger partial charge in [-0.05, 0) is 29.8 Å². The van der Waals surface area contributed by atoms with Gasteiger partial charge in [-0.2, -0.15) is 0 Å². The predicted octanol–water partition coefficient (Wildman–Crippen LogP) is 4.28. The topological polar surface area (TPSA) is 64.1 Å². The van der Waals surface area contributed by atoms with Crippen LogP contribution in [-0.2, 0) is 6.42 Å². The molecule has 0 saturated carbocycles. The van der Waals surface area contributed by atoms with E-state index >= 15 is 0 Å². The number of amides is 1. The molecule has 0 spiro atoms. The van der Waals surface area contributed by atoms with E-state index in [9.17, 15) is 18.0 Å². The van der Waals surface area contributed by atoms with E-state index in [1.807, 2.05) is 30.3 Å². The fourth-order valence-electron chi connectivity index (χ4n) is 2.12. The quantitative estimate of drug-likeness (QED) is 0.719. The molecule has 1 aromatic heterocycles. The number of alkyl halides is 3. The van der Waals surface area contributed by atoms with Crippen molar-refractivity contribution in [2.75, 3.05) is 5.32 Å². The molecule has 134 valence electrons. The summed E-state index contributed by atoms with van der Waals surface area (Å²) in [5, 5.41) is 11.6. The van der Waals surface area contributed by atoms with Crippen molar-refractivity contribution in [2.24, 2.45) is 0 Å². The zero-order valence-electron chi connectivity index (χ0n) is 13.2. The van der Waals surface area contributed by atoms with E-state index in [0.717, 1.165) is 22.7 Å². The van der Waals surface area contributed by atoms with Gasteiger partial charge in [0.15, 0.2) is 0 Å². The molecule has 0 saturated heterocycles. The summed E-state index contributed by atoms with van der Waals surface area (Å²) >= 11 is 1.23. The van der Waals surface area contributed by atoms with Crippen molar-refractivity contribution in [2.45, 2.75) is 12.8 Å². The monoisotopic (exact) mass is 379 g/mol. The van der Waals surface area contributed by atoms with Gasteiger partial charge in [-0.25, -0.2) is 0 Å². The van der Waals surface area contributed by atoms with Crippen LogP contribution in [0.4, 0.5) is 18.3 Å². The lowest BCUT2D eigenvalue weighted by molar-refractivity contribution is -0.274. The second-order valence-corrected chi connectivity index (χ2v) is 6.25. The second-order valence-electron chi connectivity index (χ2n) is 5.19. The minimum Gasteiger partial charge on any atom is -0.406 e. The van der Waals surface area contributed by atoms with Crippen molar-refractivity contribution in [1.29, 1.82) is 0 Å². The molecule has 0 aliphatic rings. The fourth-order valence-corrected chi connectivity index (χ4v) is 2.89. The zero-order valence-corrected chi connectivity index (χ0v) is 14.0. The highest BCUT2D eigenvalue weighted by molar-refractivity contribution is 7.15. The molecular weight excluding hydrogens is 367 g/mol. The summed E-state index contributed by atoms with van der Waals surface area (Å²) in [6.07, 6.45) is -4.18. The molecule has 2 aromatic carbocycles. The second kappa shape index (κ2) is 7.52. The molecule has 0 fully saturated rings. The number of carbonyl (C=O) groups is 1. The van der Waals surface area contributed by atoms with Crippen LogP contribution in [0.25, 0.3) is 0 Å². The van der Waals surface area contributed by atoms with Crippen LogP contribution in [0.5, 0.6) is 5.75 Å². The van der Waals surface area contributed by atoms with Gasteiger partial charge in [0, 0.05) is 12.0 Å². The normalized spacial score (nSPS) is 11.2. The first-order chi connectivity index (χ1) is 12.4. The Hall–Kier alpha value is -2.94. The van der Waals surface area contributed by atoms with Crippen LogP contribution in [-0.4, -0.2) is 22.5 Å². The molecule has 0 atom stereocenters. The SMILES string of the molecule is O=C(Nc1nnc(Cc2ccccc2)s1)c1ccc(OC(F)(F)F)cc1. The van der Waals surface area contributed by atoms with Crippen molar-refractivity contribution < 1.29 is 22.7 Å². The highest BCUT2D eigenvalue weighted by Gasteiger charge is 2.31. The molecule has 0 bridgehead atoms. The molecular formula is C17H12F3N3O2S. The Morgan fingerprint density at radius 3 is 2.38 bits per heavy atom. The first-order valence-corrected chi connectivity index (χ1v) is 8.24. The fraction of sp³-hybridized carbons (Fsp3) is 0.118. The molecule has 1 N–H and O–H groups in total. The van der Waals surface area contributed by atoms with Gasteiger partial charge < -0.3 is 4.74 Å². The summed E-state index contributed by atoms with van der Waals surface area (Å²) in [4.78, 5) is 12.1. The third-order valence-corrected chi connectivity index (χ3v) is 4.07. The molecule has 0 aliphatic heterocycles. The Balaban J connectivity index is 1.61. The lowest BCUT2D eigenvalue weighted by Gasteiger charge is -2.08. The summed E-state index contributed by atoms with van der Waals surface area (Å²) in [5.41, 5.74) is 1.25. The summed E-state index contributed by atoms with van der Waals surface area (Å²) in [7, 11) is 0. The minimum absolute atomic E-state index is 0.180. The molecule has 0 unspecified atom stereocenters. The Labute approximate surface area is 150 Å². The average molecular weight is 379 g/mol. The van der Waals surface area contributed by atoms with Crippen LogP contribution in [0.3, 0.4) is 0 Å². The van der Waals surface area contributed by atoms with Gasteiger partial charge in [0.2, 0.25) is 5.13 Å². The van der Waals surface area contributed by atoms with Gasteiger partial charge in [-0.3, -0.25) is 10.1 Å². The predicted molar refractivity (Wildman–Crippen MR) is 90.2 cm³/mol. The smallest absolute Gasteiger partial charge is 0.406 e. The van der Waals surface area contributed by atoms with Crippen molar-refractivity contribution in [3.8, 4) is 5.75 Å². The molecule has 3 aromatic rings. The maximum absolute atomic E-state index is 12.1. The number of ether oxygens (including phenoxy) is 1. The Kier molecular flexibility index (Phi) is 5.17. The van der Waals surface area contributed by atoms with Gasteiger partial charge in [-0.15, -0.1) is 23.4 Å². The third-order valence-electron chi connectivity index (χ3n) is 3.24. The number of rotatable bonds is 5. The molecule has 5 nitrogen and oxygen atoms in total. The number of hydrogen-bond acceptors (Lipinski definition) is 5. The number of hydrogen-bond donors (Lipinski definition) is 1. The van der Waals surface area contributed by atoms with E-state index in [4.69, 9.17) is 0 Å². The lowest BCUT2D eigenvalue weighted by Crippen LogP contribution is -2.17. The Morgan fingerprint density at radius 2 is 1.73 bits per heavy atom.